The van der Waals surface area contributed by atoms with Gasteiger partial charge in [0.05, 0.1) is 12.7 Å². The predicted octanol–water partition coefficient (Wildman–Crippen LogP) is 3.13. The highest BCUT2D eigenvalue weighted by Crippen LogP contribution is 2.16. The zero-order valence-corrected chi connectivity index (χ0v) is 12.2. The number of rotatable bonds is 8. The van der Waals surface area contributed by atoms with Crippen LogP contribution in [0, 0.1) is 5.82 Å². The first-order chi connectivity index (χ1) is 8.97. The number of halogens is 1. The van der Waals surface area contributed by atoms with Gasteiger partial charge in [0.15, 0.2) is 0 Å². The molecule has 0 amide bonds. The summed E-state index contributed by atoms with van der Waals surface area (Å²) in [6.45, 7) is 9.62. The summed E-state index contributed by atoms with van der Waals surface area (Å²) < 4.78 is 24.3. The van der Waals surface area contributed by atoms with E-state index in [1.807, 2.05) is 19.9 Å². The molecule has 0 saturated carbocycles. The second-order valence-electron chi connectivity index (χ2n) is 5.10. The van der Waals surface area contributed by atoms with Crippen molar-refractivity contribution in [3.63, 3.8) is 0 Å². The molecular formula is C15H24FNO2. The molecule has 4 heteroatoms. The van der Waals surface area contributed by atoms with Crippen LogP contribution in [-0.2, 0) is 11.3 Å². The summed E-state index contributed by atoms with van der Waals surface area (Å²) in [6.07, 6.45) is 0.182. The van der Waals surface area contributed by atoms with Crippen molar-refractivity contribution in [2.45, 2.75) is 46.4 Å². The normalized spacial score (nSPS) is 11.3. The van der Waals surface area contributed by atoms with Crippen molar-refractivity contribution < 1.29 is 13.9 Å². The topological polar surface area (TPSA) is 30.5 Å². The molecule has 1 rings (SSSR count). The SMILES string of the molecule is CC(C)NCc1cc(F)cc(OCCOC(C)C)c1. The Morgan fingerprint density at radius 2 is 1.84 bits per heavy atom. The molecule has 0 aliphatic heterocycles. The molecule has 0 spiro atoms. The number of hydrogen-bond donors (Lipinski definition) is 1. The quantitative estimate of drug-likeness (QED) is 0.735. The predicted molar refractivity (Wildman–Crippen MR) is 75.0 cm³/mol. The fourth-order valence-electron chi connectivity index (χ4n) is 1.57. The van der Waals surface area contributed by atoms with Gasteiger partial charge >= 0.3 is 0 Å². The van der Waals surface area contributed by atoms with Gasteiger partial charge in [0.25, 0.3) is 0 Å². The van der Waals surface area contributed by atoms with E-state index in [2.05, 4.69) is 19.2 Å². The van der Waals surface area contributed by atoms with E-state index in [0.717, 1.165) is 5.56 Å². The second-order valence-corrected chi connectivity index (χ2v) is 5.10. The van der Waals surface area contributed by atoms with Gasteiger partial charge in [-0.2, -0.15) is 0 Å². The molecule has 3 nitrogen and oxygen atoms in total. The molecule has 0 fully saturated rings. The molecule has 0 saturated heterocycles. The Morgan fingerprint density at radius 3 is 2.47 bits per heavy atom. The Hall–Kier alpha value is -1.13. The Labute approximate surface area is 115 Å². The highest BCUT2D eigenvalue weighted by molar-refractivity contribution is 5.29. The lowest BCUT2D eigenvalue weighted by atomic mass is 10.2. The first kappa shape index (κ1) is 15.9. The monoisotopic (exact) mass is 269 g/mol. The minimum atomic E-state index is -0.275. The van der Waals surface area contributed by atoms with Crippen LogP contribution in [0.15, 0.2) is 18.2 Å². The molecule has 0 radical (unpaired) electrons. The van der Waals surface area contributed by atoms with Crippen molar-refractivity contribution in [3.8, 4) is 5.75 Å². The van der Waals surface area contributed by atoms with Crippen molar-refractivity contribution in [2.75, 3.05) is 13.2 Å². The molecule has 0 bridgehead atoms. The Bertz CT molecular complexity index is 380. The van der Waals surface area contributed by atoms with E-state index < -0.39 is 0 Å². The van der Waals surface area contributed by atoms with Crippen molar-refractivity contribution in [1.82, 2.24) is 5.32 Å². The third-order valence-corrected chi connectivity index (χ3v) is 2.45. The van der Waals surface area contributed by atoms with Crippen LogP contribution in [0.2, 0.25) is 0 Å². The zero-order valence-electron chi connectivity index (χ0n) is 12.2. The van der Waals surface area contributed by atoms with E-state index in [9.17, 15) is 4.39 Å². The summed E-state index contributed by atoms with van der Waals surface area (Å²) in [4.78, 5) is 0. The molecule has 108 valence electrons. The van der Waals surface area contributed by atoms with E-state index in [0.29, 0.717) is 31.5 Å². The van der Waals surface area contributed by atoms with Crippen LogP contribution in [0.25, 0.3) is 0 Å². The Balaban J connectivity index is 2.48. The summed E-state index contributed by atoms with van der Waals surface area (Å²) in [6, 6.07) is 5.14. The molecule has 0 unspecified atom stereocenters. The van der Waals surface area contributed by atoms with Crippen molar-refractivity contribution in [1.29, 1.82) is 0 Å². The number of nitrogens with one attached hydrogen (secondary N) is 1. The lowest BCUT2D eigenvalue weighted by Crippen LogP contribution is -2.21. The fourth-order valence-corrected chi connectivity index (χ4v) is 1.57. The maximum absolute atomic E-state index is 13.5. The maximum atomic E-state index is 13.5. The first-order valence-corrected chi connectivity index (χ1v) is 6.74. The third-order valence-electron chi connectivity index (χ3n) is 2.45. The second kappa shape index (κ2) is 8.12. The van der Waals surface area contributed by atoms with Gasteiger partial charge < -0.3 is 14.8 Å². The van der Waals surface area contributed by atoms with Crippen LogP contribution in [0.1, 0.15) is 33.3 Å². The molecule has 0 atom stereocenters. The maximum Gasteiger partial charge on any atom is 0.127 e. The molecule has 1 aromatic carbocycles. The molecule has 19 heavy (non-hydrogen) atoms. The lowest BCUT2D eigenvalue weighted by molar-refractivity contribution is 0.0552. The van der Waals surface area contributed by atoms with Gasteiger partial charge in [0.1, 0.15) is 18.2 Å². The zero-order chi connectivity index (χ0) is 14.3. The molecule has 0 aliphatic rings. The number of ether oxygens (including phenoxy) is 2. The lowest BCUT2D eigenvalue weighted by Gasteiger charge is -2.12. The van der Waals surface area contributed by atoms with Crippen LogP contribution in [0.5, 0.6) is 5.75 Å². The van der Waals surface area contributed by atoms with Crippen LogP contribution in [0.4, 0.5) is 4.39 Å². The van der Waals surface area contributed by atoms with Gasteiger partial charge in [0, 0.05) is 18.7 Å². The van der Waals surface area contributed by atoms with E-state index in [1.165, 1.54) is 12.1 Å². The van der Waals surface area contributed by atoms with E-state index in [1.54, 1.807) is 0 Å². The van der Waals surface area contributed by atoms with Crippen molar-refractivity contribution in [2.24, 2.45) is 0 Å². The van der Waals surface area contributed by atoms with Gasteiger partial charge in [-0.15, -0.1) is 0 Å². The minimum absolute atomic E-state index is 0.182. The summed E-state index contributed by atoms with van der Waals surface area (Å²) in [5.41, 5.74) is 0.883. The Morgan fingerprint density at radius 1 is 1.11 bits per heavy atom. The van der Waals surface area contributed by atoms with Gasteiger partial charge in [-0.25, -0.2) is 4.39 Å². The average molecular weight is 269 g/mol. The molecule has 1 aromatic rings. The van der Waals surface area contributed by atoms with E-state index >= 15 is 0 Å². The largest absolute Gasteiger partial charge is 0.491 e. The van der Waals surface area contributed by atoms with Crippen molar-refractivity contribution in [3.05, 3.63) is 29.6 Å². The van der Waals surface area contributed by atoms with Gasteiger partial charge in [-0.3, -0.25) is 0 Å². The van der Waals surface area contributed by atoms with E-state index in [4.69, 9.17) is 9.47 Å². The molecule has 0 aromatic heterocycles. The van der Waals surface area contributed by atoms with Gasteiger partial charge in [-0.1, -0.05) is 13.8 Å². The average Bonchev–Trinajstić information content (AvgIpc) is 2.31. The number of benzene rings is 1. The summed E-state index contributed by atoms with van der Waals surface area (Å²) in [7, 11) is 0. The number of hydrogen-bond acceptors (Lipinski definition) is 3. The smallest absolute Gasteiger partial charge is 0.127 e. The Kier molecular flexibility index (Phi) is 6.81. The van der Waals surface area contributed by atoms with Crippen LogP contribution in [-0.4, -0.2) is 25.4 Å². The summed E-state index contributed by atoms with van der Waals surface area (Å²) in [5.74, 6) is 0.274. The molecule has 0 heterocycles. The minimum Gasteiger partial charge on any atom is -0.491 e. The third kappa shape index (κ3) is 7.13. The van der Waals surface area contributed by atoms with Crippen LogP contribution < -0.4 is 10.1 Å². The van der Waals surface area contributed by atoms with Gasteiger partial charge in [-0.05, 0) is 31.5 Å². The summed E-state index contributed by atoms with van der Waals surface area (Å²) in [5, 5.41) is 3.25. The molecule has 0 aliphatic carbocycles. The standard InChI is InChI=1S/C15H24FNO2/c1-11(2)17-10-13-7-14(16)9-15(8-13)19-6-5-18-12(3)4/h7-9,11-12,17H,5-6,10H2,1-4H3. The first-order valence-electron chi connectivity index (χ1n) is 6.74. The van der Waals surface area contributed by atoms with E-state index in [-0.39, 0.29) is 11.9 Å². The highest BCUT2D eigenvalue weighted by Gasteiger charge is 2.03. The van der Waals surface area contributed by atoms with Crippen LogP contribution in [0.3, 0.4) is 0 Å². The summed E-state index contributed by atoms with van der Waals surface area (Å²) >= 11 is 0. The van der Waals surface area contributed by atoms with Crippen LogP contribution >= 0.6 is 0 Å². The van der Waals surface area contributed by atoms with Gasteiger partial charge in [0.2, 0.25) is 0 Å². The fraction of sp³-hybridized carbons (Fsp3) is 0.600. The molecule has 1 N–H and O–H groups in total. The molecular weight excluding hydrogens is 245 g/mol. The highest BCUT2D eigenvalue weighted by atomic mass is 19.1. The van der Waals surface area contributed by atoms with Crippen molar-refractivity contribution >= 4 is 0 Å².